The van der Waals surface area contributed by atoms with Crippen LogP contribution >= 0.6 is 0 Å². The van der Waals surface area contributed by atoms with E-state index in [1.54, 1.807) is 6.92 Å². The third kappa shape index (κ3) is 2.84. The summed E-state index contributed by atoms with van der Waals surface area (Å²) in [6, 6.07) is 1.51. The lowest BCUT2D eigenvalue weighted by atomic mass is 10.2. The Morgan fingerprint density at radius 1 is 1.32 bits per heavy atom. The third-order valence-electron chi connectivity index (χ3n) is 2.25. The highest BCUT2D eigenvalue weighted by Crippen LogP contribution is 2.13. The number of pyridine rings is 1. The molecule has 100 valence electrons. The highest BCUT2D eigenvalue weighted by Gasteiger charge is 2.14. The Labute approximate surface area is 109 Å². The molecule has 19 heavy (non-hydrogen) atoms. The van der Waals surface area contributed by atoms with Gasteiger partial charge in [-0.2, -0.15) is 4.98 Å². The fraction of sp³-hybridized carbons (Fsp3) is 0.273. The van der Waals surface area contributed by atoms with E-state index in [-0.39, 0.29) is 23.0 Å². The molecule has 2 aromatic rings. The van der Waals surface area contributed by atoms with Gasteiger partial charge in [0.1, 0.15) is 0 Å². The molecule has 0 aromatic carbocycles. The zero-order chi connectivity index (χ0) is 14.0. The number of carbonyl (C=O) groups excluding carboxylic acids is 1. The molecule has 2 aromatic heterocycles. The fourth-order valence-electron chi connectivity index (χ4n) is 1.41. The molecule has 0 bridgehead atoms. The van der Waals surface area contributed by atoms with E-state index in [0.717, 1.165) is 6.26 Å². The summed E-state index contributed by atoms with van der Waals surface area (Å²) in [6.07, 6.45) is 3.62. The van der Waals surface area contributed by atoms with Crippen LogP contribution in [0.3, 0.4) is 0 Å². The van der Waals surface area contributed by atoms with Gasteiger partial charge in [-0.05, 0) is 13.0 Å². The maximum Gasteiger partial charge on any atom is 0.339 e. The molecule has 0 aliphatic heterocycles. The zero-order valence-electron chi connectivity index (χ0n) is 10.3. The summed E-state index contributed by atoms with van der Waals surface area (Å²) in [5.74, 6) is -0.496. The Balaban J connectivity index is 2.49. The number of sulfone groups is 1. The van der Waals surface area contributed by atoms with Gasteiger partial charge in [0.05, 0.1) is 12.2 Å². The second-order valence-electron chi connectivity index (χ2n) is 3.78. The summed E-state index contributed by atoms with van der Waals surface area (Å²) >= 11 is 0. The van der Waals surface area contributed by atoms with E-state index in [4.69, 9.17) is 4.74 Å². The minimum atomic E-state index is -3.48. The summed E-state index contributed by atoms with van der Waals surface area (Å²) < 4.78 is 27.5. The molecule has 0 fully saturated rings. The van der Waals surface area contributed by atoms with E-state index in [1.165, 1.54) is 18.5 Å². The van der Waals surface area contributed by atoms with Gasteiger partial charge in [0, 0.05) is 24.0 Å². The average molecular weight is 281 g/mol. The van der Waals surface area contributed by atoms with Crippen molar-refractivity contribution in [3.63, 3.8) is 0 Å². The van der Waals surface area contributed by atoms with Crippen LogP contribution in [0.25, 0.3) is 11.0 Å². The highest BCUT2D eigenvalue weighted by molar-refractivity contribution is 7.90. The van der Waals surface area contributed by atoms with Crippen LogP contribution in [-0.2, 0) is 14.6 Å². The van der Waals surface area contributed by atoms with E-state index in [9.17, 15) is 13.2 Å². The van der Waals surface area contributed by atoms with Crippen LogP contribution in [0.5, 0.6) is 0 Å². The maximum atomic E-state index is 11.5. The van der Waals surface area contributed by atoms with Crippen LogP contribution in [0.1, 0.15) is 17.3 Å². The van der Waals surface area contributed by atoms with Gasteiger partial charge in [-0.3, -0.25) is 0 Å². The van der Waals surface area contributed by atoms with Crippen molar-refractivity contribution in [3.8, 4) is 0 Å². The summed E-state index contributed by atoms with van der Waals surface area (Å²) in [7, 11) is -3.48. The Hall–Kier alpha value is -2.09. The molecule has 0 saturated heterocycles. The molecule has 8 heteroatoms. The minimum absolute atomic E-state index is 0.212. The summed E-state index contributed by atoms with van der Waals surface area (Å²) in [5.41, 5.74) is 0.480. The first kappa shape index (κ1) is 13.3. The van der Waals surface area contributed by atoms with Crippen molar-refractivity contribution in [3.05, 3.63) is 24.0 Å². The van der Waals surface area contributed by atoms with Crippen LogP contribution in [0.4, 0.5) is 0 Å². The average Bonchev–Trinajstić information content (AvgIpc) is 2.36. The number of hydrogen-bond acceptors (Lipinski definition) is 7. The van der Waals surface area contributed by atoms with Gasteiger partial charge in [0.15, 0.2) is 5.65 Å². The molecule has 0 saturated carbocycles. The second kappa shape index (κ2) is 4.88. The molecular formula is C11H11N3O4S. The standard InChI is InChI=1S/C11H11N3O4S/c1-3-18-10(15)8-4-7-5-13-11(19(2,16)17)14-9(7)12-6-8/h4-6H,3H2,1-2H3. The minimum Gasteiger partial charge on any atom is -0.462 e. The van der Waals surface area contributed by atoms with Crippen LogP contribution in [0.2, 0.25) is 0 Å². The van der Waals surface area contributed by atoms with Gasteiger partial charge in [0.25, 0.3) is 0 Å². The molecule has 0 radical (unpaired) electrons. The lowest BCUT2D eigenvalue weighted by molar-refractivity contribution is 0.0526. The summed E-state index contributed by atoms with van der Waals surface area (Å²) in [5, 5.41) is 0.175. The van der Waals surface area contributed by atoms with E-state index < -0.39 is 15.8 Å². The van der Waals surface area contributed by atoms with Crippen molar-refractivity contribution in [1.82, 2.24) is 15.0 Å². The third-order valence-corrected chi connectivity index (χ3v) is 3.11. The van der Waals surface area contributed by atoms with Crippen molar-refractivity contribution < 1.29 is 17.9 Å². The number of aromatic nitrogens is 3. The Bertz CT molecular complexity index is 743. The summed E-state index contributed by atoms with van der Waals surface area (Å²) in [4.78, 5) is 23.0. The van der Waals surface area contributed by atoms with E-state index in [1.807, 2.05) is 0 Å². The maximum absolute atomic E-state index is 11.5. The summed E-state index contributed by atoms with van der Waals surface area (Å²) in [6.45, 7) is 1.97. The molecule has 0 aliphatic rings. The smallest absolute Gasteiger partial charge is 0.339 e. The lowest BCUT2D eigenvalue weighted by Gasteiger charge is -2.03. The zero-order valence-corrected chi connectivity index (χ0v) is 11.1. The van der Waals surface area contributed by atoms with Gasteiger partial charge in [-0.15, -0.1) is 0 Å². The van der Waals surface area contributed by atoms with Crippen LogP contribution in [0.15, 0.2) is 23.6 Å². The Morgan fingerprint density at radius 3 is 2.68 bits per heavy atom. The largest absolute Gasteiger partial charge is 0.462 e. The number of rotatable bonds is 3. The lowest BCUT2D eigenvalue weighted by Crippen LogP contribution is -2.07. The van der Waals surface area contributed by atoms with E-state index in [2.05, 4.69) is 15.0 Å². The molecule has 7 nitrogen and oxygen atoms in total. The SMILES string of the molecule is CCOC(=O)c1cnc2nc(S(C)(=O)=O)ncc2c1. The highest BCUT2D eigenvalue weighted by atomic mass is 32.2. The number of nitrogens with zero attached hydrogens (tertiary/aromatic N) is 3. The van der Waals surface area contributed by atoms with Crippen molar-refractivity contribution in [2.75, 3.05) is 12.9 Å². The fourth-order valence-corrected chi connectivity index (χ4v) is 1.91. The van der Waals surface area contributed by atoms with Gasteiger partial charge in [-0.1, -0.05) is 0 Å². The van der Waals surface area contributed by atoms with Crippen molar-refractivity contribution in [1.29, 1.82) is 0 Å². The number of carbonyl (C=O) groups is 1. The predicted molar refractivity (Wildman–Crippen MR) is 66.4 cm³/mol. The first-order chi connectivity index (χ1) is 8.91. The number of hydrogen-bond donors (Lipinski definition) is 0. The predicted octanol–water partition coefficient (Wildman–Crippen LogP) is 0.605. The first-order valence-electron chi connectivity index (χ1n) is 5.42. The molecule has 0 spiro atoms. The second-order valence-corrected chi connectivity index (χ2v) is 5.69. The quantitative estimate of drug-likeness (QED) is 0.600. The van der Waals surface area contributed by atoms with Gasteiger partial charge in [0.2, 0.25) is 15.0 Å². The first-order valence-corrected chi connectivity index (χ1v) is 7.31. The van der Waals surface area contributed by atoms with Crippen molar-refractivity contribution in [2.24, 2.45) is 0 Å². The molecule has 2 heterocycles. The molecule has 2 rings (SSSR count). The molecule has 0 N–H and O–H groups in total. The van der Waals surface area contributed by atoms with Crippen LogP contribution < -0.4 is 0 Å². The van der Waals surface area contributed by atoms with Crippen molar-refractivity contribution in [2.45, 2.75) is 12.1 Å². The molecule has 0 aliphatic carbocycles. The van der Waals surface area contributed by atoms with Crippen LogP contribution in [-0.4, -0.2) is 42.2 Å². The van der Waals surface area contributed by atoms with Gasteiger partial charge in [-0.25, -0.2) is 23.2 Å². The van der Waals surface area contributed by atoms with E-state index >= 15 is 0 Å². The molecular weight excluding hydrogens is 270 g/mol. The van der Waals surface area contributed by atoms with Gasteiger partial charge < -0.3 is 4.74 Å². The monoisotopic (exact) mass is 281 g/mol. The van der Waals surface area contributed by atoms with Gasteiger partial charge >= 0.3 is 5.97 Å². The van der Waals surface area contributed by atoms with E-state index in [0.29, 0.717) is 5.39 Å². The number of esters is 1. The van der Waals surface area contributed by atoms with Crippen molar-refractivity contribution >= 4 is 26.8 Å². The Kier molecular flexibility index (Phi) is 3.43. The van der Waals surface area contributed by atoms with Crippen LogP contribution in [0, 0.1) is 0 Å². The topological polar surface area (TPSA) is 99.1 Å². The number of fused-ring (bicyclic) bond motifs is 1. The normalized spacial score (nSPS) is 11.5. The Morgan fingerprint density at radius 2 is 2.05 bits per heavy atom. The molecule has 0 unspecified atom stereocenters. The molecule has 0 amide bonds. The number of ether oxygens (including phenoxy) is 1. The molecule has 0 atom stereocenters.